The van der Waals surface area contributed by atoms with E-state index >= 15 is 0 Å². The molecule has 0 atom stereocenters. The molecule has 0 aliphatic rings. The summed E-state index contributed by atoms with van der Waals surface area (Å²) in [6, 6.07) is 17.8. The zero-order valence-electron chi connectivity index (χ0n) is 10.9. The van der Waals surface area contributed by atoms with Crippen LogP contribution in [0, 0.1) is 0 Å². The lowest BCUT2D eigenvalue weighted by atomic mass is 10.1. The SMILES string of the molecule is Clc1c2c(cc3oc4ccccc4c13)oc1ccccc12. The van der Waals surface area contributed by atoms with E-state index in [1.54, 1.807) is 0 Å². The van der Waals surface area contributed by atoms with Gasteiger partial charge >= 0.3 is 0 Å². The average molecular weight is 293 g/mol. The van der Waals surface area contributed by atoms with Crippen molar-refractivity contribution >= 4 is 55.5 Å². The van der Waals surface area contributed by atoms with E-state index in [0.717, 1.165) is 43.9 Å². The van der Waals surface area contributed by atoms with Gasteiger partial charge in [0.05, 0.1) is 5.02 Å². The quantitative estimate of drug-likeness (QED) is 0.343. The van der Waals surface area contributed by atoms with E-state index in [-0.39, 0.29) is 0 Å². The van der Waals surface area contributed by atoms with E-state index < -0.39 is 0 Å². The second-order valence-electron chi connectivity index (χ2n) is 5.13. The van der Waals surface area contributed by atoms with Crippen molar-refractivity contribution in [1.82, 2.24) is 0 Å². The van der Waals surface area contributed by atoms with Crippen LogP contribution in [-0.2, 0) is 0 Å². The van der Waals surface area contributed by atoms with Crippen LogP contribution in [0.4, 0.5) is 0 Å². The van der Waals surface area contributed by atoms with Crippen molar-refractivity contribution in [3.05, 3.63) is 59.6 Å². The Hall–Kier alpha value is -2.45. The molecular formula is C18H9ClO2. The van der Waals surface area contributed by atoms with Crippen molar-refractivity contribution in [3.8, 4) is 0 Å². The maximum absolute atomic E-state index is 6.70. The molecule has 0 radical (unpaired) electrons. The molecule has 0 spiro atoms. The van der Waals surface area contributed by atoms with Crippen molar-refractivity contribution in [3.63, 3.8) is 0 Å². The standard InChI is InChI=1S/C18H9ClO2/c19-18-16-10-5-1-3-7-12(10)20-14(16)9-15-17(18)11-6-2-4-8-13(11)21-15/h1-9H. The van der Waals surface area contributed by atoms with Crippen molar-refractivity contribution < 1.29 is 8.83 Å². The van der Waals surface area contributed by atoms with Crippen LogP contribution in [0.2, 0.25) is 5.02 Å². The molecule has 0 fully saturated rings. The van der Waals surface area contributed by atoms with Crippen LogP contribution in [-0.4, -0.2) is 0 Å². The third-order valence-corrected chi connectivity index (χ3v) is 4.32. The summed E-state index contributed by atoms with van der Waals surface area (Å²) in [6.07, 6.45) is 0. The highest BCUT2D eigenvalue weighted by Crippen LogP contribution is 2.42. The molecule has 21 heavy (non-hydrogen) atoms. The second-order valence-corrected chi connectivity index (χ2v) is 5.51. The van der Waals surface area contributed by atoms with Crippen molar-refractivity contribution in [2.24, 2.45) is 0 Å². The van der Waals surface area contributed by atoms with Gasteiger partial charge < -0.3 is 8.83 Å². The molecule has 3 heteroatoms. The van der Waals surface area contributed by atoms with Gasteiger partial charge in [0.1, 0.15) is 22.3 Å². The number of para-hydroxylation sites is 2. The molecule has 100 valence electrons. The minimum Gasteiger partial charge on any atom is -0.456 e. The Morgan fingerprint density at radius 2 is 1.10 bits per heavy atom. The third-order valence-electron chi connectivity index (χ3n) is 3.95. The highest BCUT2D eigenvalue weighted by atomic mass is 35.5. The van der Waals surface area contributed by atoms with E-state index in [2.05, 4.69) is 0 Å². The number of hydrogen-bond donors (Lipinski definition) is 0. The van der Waals surface area contributed by atoms with Crippen molar-refractivity contribution in [2.75, 3.05) is 0 Å². The first-order chi connectivity index (χ1) is 10.3. The van der Waals surface area contributed by atoms with Crippen LogP contribution in [0.5, 0.6) is 0 Å². The molecule has 2 heterocycles. The highest BCUT2D eigenvalue weighted by Gasteiger charge is 2.17. The first-order valence-electron chi connectivity index (χ1n) is 6.74. The predicted molar refractivity (Wildman–Crippen MR) is 86.0 cm³/mol. The van der Waals surface area contributed by atoms with Gasteiger partial charge in [0.25, 0.3) is 0 Å². The van der Waals surface area contributed by atoms with Gasteiger partial charge in [0.15, 0.2) is 0 Å². The summed E-state index contributed by atoms with van der Waals surface area (Å²) >= 11 is 6.70. The summed E-state index contributed by atoms with van der Waals surface area (Å²) < 4.78 is 11.8. The van der Waals surface area contributed by atoms with Gasteiger partial charge in [-0.1, -0.05) is 48.0 Å². The number of rotatable bonds is 0. The first-order valence-corrected chi connectivity index (χ1v) is 7.12. The molecule has 2 nitrogen and oxygen atoms in total. The molecule has 0 unspecified atom stereocenters. The Labute approximate surface area is 124 Å². The zero-order chi connectivity index (χ0) is 14.0. The van der Waals surface area contributed by atoms with Gasteiger partial charge in [0.2, 0.25) is 0 Å². The average Bonchev–Trinajstić information content (AvgIpc) is 3.04. The molecule has 2 aromatic heterocycles. The molecule has 0 bridgehead atoms. The minimum atomic E-state index is 0.692. The molecular weight excluding hydrogens is 284 g/mol. The summed E-state index contributed by atoms with van der Waals surface area (Å²) in [5.41, 5.74) is 3.19. The fraction of sp³-hybridized carbons (Fsp3) is 0. The van der Waals surface area contributed by atoms with Crippen LogP contribution in [0.1, 0.15) is 0 Å². The number of fused-ring (bicyclic) bond motifs is 6. The minimum absolute atomic E-state index is 0.692. The molecule has 5 aromatic rings. The molecule has 0 amide bonds. The Morgan fingerprint density at radius 1 is 0.619 bits per heavy atom. The van der Waals surface area contributed by atoms with Gasteiger partial charge in [-0.2, -0.15) is 0 Å². The van der Waals surface area contributed by atoms with E-state index in [4.69, 9.17) is 20.4 Å². The lowest BCUT2D eigenvalue weighted by molar-refractivity contribution is 0.656. The maximum Gasteiger partial charge on any atom is 0.140 e. The summed E-state index contributed by atoms with van der Waals surface area (Å²) in [5, 5.41) is 4.66. The monoisotopic (exact) mass is 292 g/mol. The highest BCUT2D eigenvalue weighted by molar-refractivity contribution is 6.44. The fourth-order valence-corrected chi connectivity index (χ4v) is 3.42. The largest absolute Gasteiger partial charge is 0.456 e. The number of hydrogen-bond acceptors (Lipinski definition) is 2. The molecule has 3 aromatic carbocycles. The van der Waals surface area contributed by atoms with Crippen LogP contribution in [0.3, 0.4) is 0 Å². The smallest absolute Gasteiger partial charge is 0.140 e. The molecule has 0 saturated carbocycles. The van der Waals surface area contributed by atoms with Crippen molar-refractivity contribution in [1.29, 1.82) is 0 Å². The molecule has 5 rings (SSSR count). The Bertz CT molecular complexity index is 1060. The molecule has 0 aliphatic heterocycles. The van der Waals surface area contributed by atoms with Gasteiger partial charge in [-0.15, -0.1) is 0 Å². The van der Waals surface area contributed by atoms with Crippen LogP contribution >= 0.6 is 11.6 Å². The summed E-state index contributed by atoms with van der Waals surface area (Å²) in [7, 11) is 0. The Morgan fingerprint density at radius 3 is 1.62 bits per heavy atom. The van der Waals surface area contributed by atoms with E-state index in [0.29, 0.717) is 5.02 Å². The Balaban J connectivity index is 2.12. The molecule has 0 N–H and O–H groups in total. The summed E-state index contributed by atoms with van der Waals surface area (Å²) in [4.78, 5) is 0. The molecule has 0 saturated heterocycles. The van der Waals surface area contributed by atoms with Gasteiger partial charge in [0, 0.05) is 27.6 Å². The Kier molecular flexibility index (Phi) is 2.04. The van der Waals surface area contributed by atoms with E-state index in [1.807, 2.05) is 54.6 Å². The lowest BCUT2D eigenvalue weighted by Crippen LogP contribution is -1.73. The number of benzene rings is 3. The van der Waals surface area contributed by atoms with Gasteiger partial charge in [-0.05, 0) is 12.1 Å². The van der Waals surface area contributed by atoms with Gasteiger partial charge in [-0.3, -0.25) is 0 Å². The topological polar surface area (TPSA) is 26.3 Å². The number of halogens is 1. The normalized spacial score (nSPS) is 12.0. The van der Waals surface area contributed by atoms with Gasteiger partial charge in [-0.25, -0.2) is 0 Å². The summed E-state index contributed by atoms with van der Waals surface area (Å²) in [6.45, 7) is 0. The third kappa shape index (κ3) is 1.38. The van der Waals surface area contributed by atoms with Crippen molar-refractivity contribution in [2.45, 2.75) is 0 Å². The van der Waals surface area contributed by atoms with Crippen LogP contribution in [0.25, 0.3) is 43.9 Å². The molecule has 0 aliphatic carbocycles. The zero-order valence-corrected chi connectivity index (χ0v) is 11.6. The maximum atomic E-state index is 6.70. The fourth-order valence-electron chi connectivity index (χ4n) is 3.03. The predicted octanol–water partition coefficient (Wildman–Crippen LogP) is 6.14. The van der Waals surface area contributed by atoms with E-state index in [9.17, 15) is 0 Å². The first kappa shape index (κ1) is 11.2. The summed E-state index contributed by atoms with van der Waals surface area (Å²) in [5.74, 6) is 0. The van der Waals surface area contributed by atoms with Crippen LogP contribution in [0.15, 0.2) is 63.4 Å². The second kappa shape index (κ2) is 3.80. The number of furan rings is 2. The lowest BCUT2D eigenvalue weighted by Gasteiger charge is -1.96. The van der Waals surface area contributed by atoms with E-state index in [1.165, 1.54) is 0 Å². The van der Waals surface area contributed by atoms with Crippen LogP contribution < -0.4 is 0 Å².